The minimum absolute atomic E-state index is 0.252. The number of hydrogen-bond acceptors (Lipinski definition) is 4. The van der Waals surface area contributed by atoms with Crippen LogP contribution in [0.1, 0.15) is 23.1 Å². The normalized spacial score (nSPS) is 15.5. The first-order valence-corrected chi connectivity index (χ1v) is 8.39. The third kappa shape index (κ3) is 2.93. The summed E-state index contributed by atoms with van der Waals surface area (Å²) >= 11 is 0. The van der Waals surface area contributed by atoms with Crippen LogP contribution in [0.15, 0.2) is 48.0 Å². The number of ether oxygens (including phenoxy) is 1. The van der Waals surface area contributed by atoms with E-state index in [4.69, 9.17) is 4.74 Å². The maximum absolute atomic E-state index is 12.1. The Morgan fingerprint density at radius 1 is 1.16 bits per heavy atom. The predicted molar refractivity (Wildman–Crippen MR) is 97.5 cm³/mol. The first-order chi connectivity index (χ1) is 12.3. The molecule has 2 aliphatic heterocycles. The van der Waals surface area contributed by atoms with Gasteiger partial charge in [0.05, 0.1) is 11.9 Å². The minimum atomic E-state index is 0.252. The summed E-state index contributed by atoms with van der Waals surface area (Å²) in [6, 6.07) is 6.49. The average molecular weight is 333 g/mol. The molecular formula is C20H19N3O2. The molecule has 3 heterocycles. The van der Waals surface area contributed by atoms with Gasteiger partial charge >= 0.3 is 0 Å². The lowest BCUT2D eigenvalue weighted by molar-refractivity contribution is -0.118. The van der Waals surface area contributed by atoms with Crippen molar-refractivity contribution in [3.8, 4) is 11.1 Å². The molecule has 0 N–H and O–H groups in total. The summed E-state index contributed by atoms with van der Waals surface area (Å²) < 4.78 is 5.41. The van der Waals surface area contributed by atoms with Crippen molar-refractivity contribution >= 4 is 18.3 Å². The predicted octanol–water partition coefficient (Wildman–Crippen LogP) is 3.27. The van der Waals surface area contributed by atoms with Crippen LogP contribution < -0.4 is 4.90 Å². The Kier molecular flexibility index (Phi) is 4.06. The zero-order valence-electron chi connectivity index (χ0n) is 13.9. The fourth-order valence-electron chi connectivity index (χ4n) is 3.58. The monoisotopic (exact) mass is 333 g/mol. The number of aliphatic imine (C=N–C) groups is 1. The molecule has 25 heavy (non-hydrogen) atoms. The number of aryl methyl sites for hydroxylation is 1. The highest BCUT2D eigenvalue weighted by molar-refractivity contribution is 5.99. The second kappa shape index (κ2) is 6.51. The van der Waals surface area contributed by atoms with E-state index < -0.39 is 0 Å². The van der Waals surface area contributed by atoms with Crippen LogP contribution in [0.3, 0.4) is 0 Å². The van der Waals surface area contributed by atoms with E-state index in [1.807, 2.05) is 11.1 Å². The molecule has 4 rings (SSSR count). The number of carbonyl (C=O) groups excluding carboxylic acids is 1. The number of nitrogens with zero attached hydrogens (tertiary/aromatic N) is 3. The van der Waals surface area contributed by atoms with Crippen LogP contribution in [-0.4, -0.2) is 24.2 Å². The Morgan fingerprint density at radius 2 is 2.00 bits per heavy atom. The van der Waals surface area contributed by atoms with E-state index in [0.29, 0.717) is 13.0 Å². The molecule has 1 aromatic heterocycles. The number of aromatic nitrogens is 1. The highest BCUT2D eigenvalue weighted by Crippen LogP contribution is 2.39. The van der Waals surface area contributed by atoms with Crippen LogP contribution >= 0.6 is 0 Å². The molecule has 1 amide bonds. The van der Waals surface area contributed by atoms with Gasteiger partial charge in [-0.2, -0.15) is 0 Å². The van der Waals surface area contributed by atoms with Crippen molar-refractivity contribution in [1.82, 2.24) is 4.98 Å². The molecule has 1 aromatic carbocycles. The van der Waals surface area contributed by atoms with Gasteiger partial charge in [0.25, 0.3) is 0 Å². The van der Waals surface area contributed by atoms with Gasteiger partial charge < -0.3 is 9.64 Å². The van der Waals surface area contributed by atoms with Crippen molar-refractivity contribution in [3.63, 3.8) is 0 Å². The SMILES string of the molecule is C=N/C=C\OCc1cncc(-c2cc3c4c(c2)CCN4C(=O)CC3)c1. The van der Waals surface area contributed by atoms with Crippen LogP contribution in [0.25, 0.3) is 11.1 Å². The van der Waals surface area contributed by atoms with Crippen LogP contribution in [0.2, 0.25) is 0 Å². The lowest BCUT2D eigenvalue weighted by atomic mass is 9.94. The Labute approximate surface area is 146 Å². The van der Waals surface area contributed by atoms with Gasteiger partial charge in [0.2, 0.25) is 5.91 Å². The van der Waals surface area contributed by atoms with Crippen LogP contribution in [0, 0.1) is 0 Å². The fraction of sp³-hybridized carbons (Fsp3) is 0.250. The van der Waals surface area contributed by atoms with Crippen molar-refractivity contribution in [3.05, 3.63) is 59.7 Å². The summed E-state index contributed by atoms with van der Waals surface area (Å²) in [4.78, 5) is 21.9. The van der Waals surface area contributed by atoms with Gasteiger partial charge in [-0.3, -0.25) is 14.8 Å². The van der Waals surface area contributed by atoms with Crippen molar-refractivity contribution in [1.29, 1.82) is 0 Å². The smallest absolute Gasteiger partial charge is 0.227 e. The van der Waals surface area contributed by atoms with E-state index >= 15 is 0 Å². The Bertz CT molecular complexity index is 873. The Hall–Kier alpha value is -2.95. The van der Waals surface area contributed by atoms with E-state index in [9.17, 15) is 4.79 Å². The third-order valence-electron chi connectivity index (χ3n) is 4.69. The Balaban J connectivity index is 1.64. The molecule has 2 aliphatic rings. The van der Waals surface area contributed by atoms with Gasteiger partial charge in [0, 0.05) is 36.5 Å². The van der Waals surface area contributed by atoms with Crippen molar-refractivity contribution in [2.45, 2.75) is 25.9 Å². The Morgan fingerprint density at radius 3 is 2.84 bits per heavy atom. The molecule has 5 heteroatoms. The van der Waals surface area contributed by atoms with Gasteiger partial charge in [-0.15, -0.1) is 0 Å². The van der Waals surface area contributed by atoms with Gasteiger partial charge in [-0.25, -0.2) is 0 Å². The van der Waals surface area contributed by atoms with Gasteiger partial charge in [0.1, 0.15) is 12.9 Å². The first kappa shape index (κ1) is 15.6. The third-order valence-corrected chi connectivity index (χ3v) is 4.69. The van der Waals surface area contributed by atoms with Crippen LogP contribution in [0.5, 0.6) is 0 Å². The highest BCUT2D eigenvalue weighted by Gasteiger charge is 2.31. The standard InChI is InChI=1S/C20H19N3O2/c1-21-5-7-25-13-14-8-18(12-22-11-14)17-9-15-2-3-19(24)23-6-4-16(10-17)20(15)23/h5,7-12H,1-4,6,13H2/b7-5-. The van der Waals surface area contributed by atoms with Crippen LogP contribution in [-0.2, 0) is 29.0 Å². The zero-order chi connectivity index (χ0) is 17.2. The summed E-state index contributed by atoms with van der Waals surface area (Å²) in [6.45, 7) is 4.61. The zero-order valence-corrected chi connectivity index (χ0v) is 13.9. The van der Waals surface area contributed by atoms with Crippen LogP contribution in [0.4, 0.5) is 5.69 Å². The second-order valence-electron chi connectivity index (χ2n) is 6.30. The largest absolute Gasteiger partial charge is 0.495 e. The minimum Gasteiger partial charge on any atom is -0.495 e. The highest BCUT2D eigenvalue weighted by atomic mass is 16.5. The number of pyridine rings is 1. The fourth-order valence-corrected chi connectivity index (χ4v) is 3.58. The summed E-state index contributed by atoms with van der Waals surface area (Å²) in [5, 5.41) is 0. The molecular weight excluding hydrogens is 314 g/mol. The molecule has 5 nitrogen and oxygen atoms in total. The maximum Gasteiger partial charge on any atom is 0.227 e. The second-order valence-corrected chi connectivity index (χ2v) is 6.30. The molecule has 0 spiro atoms. The number of carbonyl (C=O) groups is 1. The summed E-state index contributed by atoms with van der Waals surface area (Å²) in [5.41, 5.74) is 6.91. The first-order valence-electron chi connectivity index (χ1n) is 8.39. The van der Waals surface area contributed by atoms with E-state index in [1.54, 1.807) is 6.20 Å². The topological polar surface area (TPSA) is 54.8 Å². The van der Waals surface area contributed by atoms with Gasteiger partial charge in [-0.1, -0.05) is 0 Å². The molecule has 0 bridgehead atoms. The molecule has 126 valence electrons. The van der Waals surface area contributed by atoms with Crippen molar-refractivity contribution < 1.29 is 9.53 Å². The summed E-state index contributed by atoms with van der Waals surface area (Å²) in [6.07, 6.45) is 9.06. The van der Waals surface area contributed by atoms with E-state index in [2.05, 4.69) is 34.9 Å². The van der Waals surface area contributed by atoms with Gasteiger partial charge in [0.15, 0.2) is 0 Å². The van der Waals surface area contributed by atoms with E-state index in [1.165, 1.54) is 23.6 Å². The molecule has 0 aliphatic carbocycles. The number of rotatable bonds is 5. The molecule has 0 fully saturated rings. The molecule has 0 unspecified atom stereocenters. The molecule has 0 atom stereocenters. The van der Waals surface area contributed by atoms with E-state index in [0.717, 1.165) is 41.8 Å². The lowest BCUT2D eigenvalue weighted by Crippen LogP contribution is -2.32. The summed E-state index contributed by atoms with van der Waals surface area (Å²) in [5.74, 6) is 0.252. The maximum atomic E-state index is 12.1. The lowest BCUT2D eigenvalue weighted by Gasteiger charge is -2.25. The number of hydrogen-bond donors (Lipinski definition) is 0. The van der Waals surface area contributed by atoms with E-state index in [-0.39, 0.29) is 5.91 Å². The summed E-state index contributed by atoms with van der Waals surface area (Å²) in [7, 11) is 0. The van der Waals surface area contributed by atoms with Gasteiger partial charge in [-0.05, 0) is 54.4 Å². The average Bonchev–Trinajstić information content (AvgIpc) is 3.07. The van der Waals surface area contributed by atoms with Crippen molar-refractivity contribution in [2.75, 3.05) is 11.4 Å². The van der Waals surface area contributed by atoms with Crippen molar-refractivity contribution in [2.24, 2.45) is 4.99 Å². The number of anilines is 1. The quantitative estimate of drug-likeness (QED) is 0.623. The molecule has 0 radical (unpaired) electrons. The molecule has 0 saturated heterocycles. The number of amides is 1. The molecule has 2 aromatic rings. The molecule has 0 saturated carbocycles. The number of benzene rings is 1.